The Morgan fingerprint density at radius 3 is 2.65 bits per heavy atom. The van der Waals surface area contributed by atoms with Crippen LogP contribution in [0.15, 0.2) is 18.2 Å². The first-order valence-corrected chi connectivity index (χ1v) is 4.86. The lowest BCUT2D eigenvalue weighted by atomic mass is 10.0. The van der Waals surface area contributed by atoms with Crippen molar-refractivity contribution in [1.82, 2.24) is 0 Å². The first-order valence-electron chi connectivity index (χ1n) is 4.86. The van der Waals surface area contributed by atoms with Crippen LogP contribution >= 0.6 is 0 Å². The van der Waals surface area contributed by atoms with Crippen LogP contribution in [0.5, 0.6) is 5.75 Å². The predicted octanol–water partition coefficient (Wildman–Crippen LogP) is 1.16. The minimum atomic E-state index is -0.966. The van der Waals surface area contributed by atoms with Crippen molar-refractivity contribution in [2.45, 2.75) is 18.9 Å². The highest BCUT2D eigenvalue weighted by Gasteiger charge is 2.16. The van der Waals surface area contributed by atoms with Gasteiger partial charge < -0.3 is 15.9 Å². The third-order valence-electron chi connectivity index (χ3n) is 2.29. The second kappa shape index (κ2) is 5.26. The minimum Gasteiger partial charge on any atom is -0.502 e. The molecule has 0 heterocycles. The van der Waals surface area contributed by atoms with Crippen LogP contribution in [0.1, 0.15) is 24.4 Å². The molecule has 1 rings (SSSR count). The summed E-state index contributed by atoms with van der Waals surface area (Å²) in [6.45, 7) is 0. The first-order chi connectivity index (χ1) is 7.91. The smallest absolute Gasteiger partial charge is 0.310 e. The van der Waals surface area contributed by atoms with E-state index in [1.54, 1.807) is 0 Å². The maximum absolute atomic E-state index is 10.5. The second-order valence-electron chi connectivity index (χ2n) is 3.54. The molecule has 0 radical (unpaired) electrons. The zero-order valence-electron chi connectivity index (χ0n) is 8.87. The summed E-state index contributed by atoms with van der Waals surface area (Å²) in [5.41, 5.74) is 5.76. The van der Waals surface area contributed by atoms with Crippen molar-refractivity contribution < 1.29 is 19.9 Å². The van der Waals surface area contributed by atoms with Gasteiger partial charge in [0.1, 0.15) is 0 Å². The summed E-state index contributed by atoms with van der Waals surface area (Å²) in [5.74, 6) is -1.44. The molecule has 7 heteroatoms. The number of aromatic hydroxyl groups is 1. The number of aliphatic carboxylic acids is 1. The molecule has 0 saturated heterocycles. The molecule has 0 aliphatic heterocycles. The highest BCUT2D eigenvalue weighted by Crippen LogP contribution is 2.29. The second-order valence-corrected chi connectivity index (χ2v) is 3.54. The van der Waals surface area contributed by atoms with Gasteiger partial charge >= 0.3 is 11.7 Å². The molecule has 0 amide bonds. The Labute approximate surface area is 96.6 Å². The largest absolute Gasteiger partial charge is 0.502 e. The Kier molecular flexibility index (Phi) is 4.00. The molecule has 0 aliphatic carbocycles. The quantitative estimate of drug-likeness (QED) is 0.523. The van der Waals surface area contributed by atoms with E-state index in [0.717, 1.165) is 6.07 Å². The van der Waals surface area contributed by atoms with E-state index in [0.29, 0.717) is 5.56 Å². The molecule has 1 unspecified atom stereocenters. The molecule has 7 nitrogen and oxygen atoms in total. The SMILES string of the molecule is NC(CCC(=O)O)c1ccc([N+](=O)[O-])c(O)c1. The van der Waals surface area contributed by atoms with E-state index < -0.39 is 28.4 Å². The van der Waals surface area contributed by atoms with Gasteiger partial charge in [0.15, 0.2) is 5.75 Å². The van der Waals surface area contributed by atoms with Crippen molar-refractivity contribution in [2.75, 3.05) is 0 Å². The molecule has 1 atom stereocenters. The van der Waals surface area contributed by atoms with Gasteiger partial charge in [-0.05, 0) is 18.1 Å². The van der Waals surface area contributed by atoms with Gasteiger partial charge in [-0.2, -0.15) is 0 Å². The summed E-state index contributed by atoms with van der Waals surface area (Å²) in [6.07, 6.45) is 0.103. The van der Waals surface area contributed by atoms with E-state index in [9.17, 15) is 20.0 Å². The molecule has 17 heavy (non-hydrogen) atoms. The molecule has 92 valence electrons. The van der Waals surface area contributed by atoms with Gasteiger partial charge in [0.2, 0.25) is 0 Å². The molecule has 1 aromatic rings. The highest BCUT2D eigenvalue weighted by atomic mass is 16.6. The van der Waals surface area contributed by atoms with Crippen molar-refractivity contribution in [3.8, 4) is 5.75 Å². The van der Waals surface area contributed by atoms with Crippen LogP contribution < -0.4 is 5.73 Å². The van der Waals surface area contributed by atoms with Gasteiger partial charge in [0.25, 0.3) is 0 Å². The lowest BCUT2D eigenvalue weighted by Crippen LogP contribution is -2.12. The Morgan fingerprint density at radius 2 is 2.18 bits per heavy atom. The first kappa shape index (κ1) is 12.9. The molecule has 0 saturated carbocycles. The van der Waals surface area contributed by atoms with Gasteiger partial charge in [-0.1, -0.05) is 6.07 Å². The Balaban J connectivity index is 2.82. The molecule has 0 aliphatic rings. The maximum Gasteiger partial charge on any atom is 0.310 e. The number of nitrogens with two attached hydrogens (primary N) is 1. The number of carboxylic acids is 1. The summed E-state index contributed by atoms with van der Waals surface area (Å²) in [6, 6.07) is 3.16. The number of hydrogen-bond acceptors (Lipinski definition) is 5. The number of carbonyl (C=O) groups is 1. The zero-order chi connectivity index (χ0) is 13.0. The average Bonchev–Trinajstić information content (AvgIpc) is 2.25. The highest BCUT2D eigenvalue weighted by molar-refractivity contribution is 5.66. The molecular weight excluding hydrogens is 228 g/mol. The van der Waals surface area contributed by atoms with Crippen molar-refractivity contribution in [1.29, 1.82) is 0 Å². The Bertz CT molecular complexity index is 446. The number of nitrogens with zero attached hydrogens (tertiary/aromatic N) is 1. The number of phenolic OH excluding ortho intramolecular Hbond substituents is 1. The van der Waals surface area contributed by atoms with E-state index in [4.69, 9.17) is 10.8 Å². The number of rotatable bonds is 5. The summed E-state index contributed by atoms with van der Waals surface area (Å²) in [7, 11) is 0. The van der Waals surface area contributed by atoms with E-state index in [1.807, 2.05) is 0 Å². The Morgan fingerprint density at radius 1 is 1.53 bits per heavy atom. The van der Waals surface area contributed by atoms with Crippen molar-refractivity contribution in [2.24, 2.45) is 5.73 Å². The predicted molar refractivity (Wildman–Crippen MR) is 58.6 cm³/mol. The molecule has 0 spiro atoms. The summed E-state index contributed by atoms with van der Waals surface area (Å²) >= 11 is 0. The Hall–Kier alpha value is -2.15. The van der Waals surface area contributed by atoms with E-state index in [1.165, 1.54) is 12.1 Å². The van der Waals surface area contributed by atoms with Crippen LogP contribution in [-0.2, 0) is 4.79 Å². The lowest BCUT2D eigenvalue weighted by molar-refractivity contribution is -0.385. The number of benzene rings is 1. The molecule has 0 fully saturated rings. The maximum atomic E-state index is 10.5. The third kappa shape index (κ3) is 3.42. The fourth-order valence-electron chi connectivity index (χ4n) is 1.37. The topological polar surface area (TPSA) is 127 Å². The number of hydrogen-bond donors (Lipinski definition) is 3. The molecule has 0 bridgehead atoms. The van der Waals surface area contributed by atoms with Gasteiger partial charge in [-0.25, -0.2) is 0 Å². The van der Waals surface area contributed by atoms with Crippen LogP contribution in [0.25, 0.3) is 0 Å². The van der Waals surface area contributed by atoms with E-state index >= 15 is 0 Å². The van der Waals surface area contributed by atoms with Gasteiger partial charge in [0, 0.05) is 18.5 Å². The summed E-state index contributed by atoms with van der Waals surface area (Å²) in [4.78, 5) is 20.1. The monoisotopic (exact) mass is 240 g/mol. The molecule has 1 aromatic carbocycles. The zero-order valence-corrected chi connectivity index (χ0v) is 8.87. The van der Waals surface area contributed by atoms with Crippen LogP contribution in [0.3, 0.4) is 0 Å². The normalized spacial score (nSPS) is 12.1. The van der Waals surface area contributed by atoms with Gasteiger partial charge in [-0.3, -0.25) is 14.9 Å². The van der Waals surface area contributed by atoms with Crippen molar-refractivity contribution >= 4 is 11.7 Å². The average molecular weight is 240 g/mol. The van der Waals surface area contributed by atoms with Gasteiger partial charge in [-0.15, -0.1) is 0 Å². The van der Waals surface area contributed by atoms with Crippen LogP contribution in [0, 0.1) is 10.1 Å². The van der Waals surface area contributed by atoms with Gasteiger partial charge in [0.05, 0.1) is 4.92 Å². The summed E-state index contributed by atoms with van der Waals surface area (Å²) in [5, 5.41) is 28.3. The van der Waals surface area contributed by atoms with Crippen LogP contribution in [-0.4, -0.2) is 21.1 Å². The van der Waals surface area contributed by atoms with Crippen molar-refractivity contribution in [3.05, 3.63) is 33.9 Å². The molecule has 4 N–H and O–H groups in total. The third-order valence-corrected chi connectivity index (χ3v) is 2.29. The molecule has 0 aromatic heterocycles. The fraction of sp³-hybridized carbons (Fsp3) is 0.300. The standard InChI is InChI=1S/C10H12N2O5/c11-7(2-4-10(14)15)6-1-3-8(12(16)17)9(13)5-6/h1,3,5,7,13H,2,4,11H2,(H,14,15). The summed E-state index contributed by atoms with van der Waals surface area (Å²) < 4.78 is 0. The number of carboxylic acid groups (broad SMARTS) is 1. The lowest BCUT2D eigenvalue weighted by Gasteiger charge is -2.10. The van der Waals surface area contributed by atoms with E-state index in [-0.39, 0.29) is 12.8 Å². The number of nitro benzene ring substituents is 1. The van der Waals surface area contributed by atoms with E-state index in [2.05, 4.69) is 0 Å². The van der Waals surface area contributed by atoms with Crippen molar-refractivity contribution in [3.63, 3.8) is 0 Å². The number of nitro groups is 1. The van der Waals surface area contributed by atoms with Crippen LogP contribution in [0.4, 0.5) is 5.69 Å². The minimum absolute atomic E-state index is 0.0983. The number of phenols is 1. The molecular formula is C10H12N2O5. The van der Waals surface area contributed by atoms with Crippen LogP contribution in [0.2, 0.25) is 0 Å². The fourth-order valence-corrected chi connectivity index (χ4v) is 1.37.